The normalized spacial score (nSPS) is 9.47. The Bertz CT molecular complexity index is 447. The van der Waals surface area contributed by atoms with Crippen molar-refractivity contribution in [2.45, 2.75) is 20.4 Å². The molecular formula is C10H12N4O. The van der Waals surface area contributed by atoms with Gasteiger partial charge in [0, 0.05) is 16.2 Å². The zero-order chi connectivity index (χ0) is 11.4. The van der Waals surface area contributed by atoms with E-state index >= 15 is 0 Å². The first-order valence-corrected chi connectivity index (χ1v) is 4.46. The monoisotopic (exact) mass is 204 g/mol. The fourth-order valence-corrected chi connectivity index (χ4v) is 1.41. The summed E-state index contributed by atoms with van der Waals surface area (Å²) in [5.41, 5.74) is 17.6. The van der Waals surface area contributed by atoms with E-state index in [1.807, 2.05) is 6.92 Å². The molecule has 15 heavy (non-hydrogen) atoms. The van der Waals surface area contributed by atoms with E-state index in [2.05, 4.69) is 10.0 Å². The van der Waals surface area contributed by atoms with Crippen LogP contribution in [0.2, 0.25) is 0 Å². The summed E-state index contributed by atoms with van der Waals surface area (Å²) < 4.78 is 0. The van der Waals surface area contributed by atoms with Crippen LogP contribution in [0.15, 0.2) is 11.2 Å². The van der Waals surface area contributed by atoms with Gasteiger partial charge < -0.3 is 5.73 Å². The molecule has 2 N–H and O–H groups in total. The van der Waals surface area contributed by atoms with E-state index in [-0.39, 0.29) is 6.54 Å². The molecule has 0 aliphatic heterocycles. The molecule has 0 aromatic heterocycles. The van der Waals surface area contributed by atoms with Crippen molar-refractivity contribution in [1.82, 2.24) is 0 Å². The van der Waals surface area contributed by atoms with Crippen LogP contribution in [0.4, 0.5) is 5.69 Å². The molecule has 0 amide bonds. The molecule has 0 aliphatic carbocycles. The number of rotatable bonds is 3. The molecule has 5 nitrogen and oxygen atoms in total. The van der Waals surface area contributed by atoms with Gasteiger partial charge in [0.15, 0.2) is 0 Å². The average molecular weight is 204 g/mol. The molecular weight excluding hydrogens is 192 g/mol. The molecule has 0 spiro atoms. The molecule has 1 aromatic carbocycles. The van der Waals surface area contributed by atoms with Gasteiger partial charge in [-0.2, -0.15) is 0 Å². The van der Waals surface area contributed by atoms with Crippen molar-refractivity contribution in [2.24, 2.45) is 5.11 Å². The molecule has 1 aromatic rings. The predicted molar refractivity (Wildman–Crippen MR) is 58.6 cm³/mol. The van der Waals surface area contributed by atoms with Gasteiger partial charge in [-0.3, -0.25) is 4.79 Å². The summed E-state index contributed by atoms with van der Waals surface area (Å²) in [6.07, 6.45) is 0.755. The number of nitrogens with two attached hydrogens (primary N) is 1. The number of carbonyl (C=O) groups is 1. The Balaban J connectivity index is 3.34. The van der Waals surface area contributed by atoms with Crippen LogP contribution in [0.1, 0.15) is 27.0 Å². The smallest absolute Gasteiger partial charge is 0.150 e. The molecule has 5 heteroatoms. The Labute approximate surface area is 87.5 Å². The first kappa shape index (κ1) is 11.1. The lowest BCUT2D eigenvalue weighted by atomic mass is 9.98. The summed E-state index contributed by atoms with van der Waals surface area (Å²) in [6.45, 7) is 3.86. The van der Waals surface area contributed by atoms with E-state index in [0.717, 1.165) is 23.0 Å². The number of aldehydes is 1. The maximum Gasteiger partial charge on any atom is 0.150 e. The van der Waals surface area contributed by atoms with Crippen molar-refractivity contribution in [2.75, 3.05) is 5.73 Å². The van der Waals surface area contributed by atoms with Crippen LogP contribution in [0.25, 0.3) is 10.4 Å². The van der Waals surface area contributed by atoms with Gasteiger partial charge in [0.25, 0.3) is 0 Å². The topological polar surface area (TPSA) is 91.8 Å². The average Bonchev–Trinajstić information content (AvgIpc) is 2.25. The maximum absolute atomic E-state index is 10.8. The Morgan fingerprint density at radius 1 is 1.53 bits per heavy atom. The number of carbonyl (C=O) groups excluding carboxylic acids is 1. The largest absolute Gasteiger partial charge is 0.398 e. The second-order valence-corrected chi connectivity index (χ2v) is 3.30. The number of azide groups is 1. The summed E-state index contributed by atoms with van der Waals surface area (Å²) >= 11 is 0. The molecule has 0 atom stereocenters. The lowest BCUT2D eigenvalue weighted by Crippen LogP contribution is -2.02. The predicted octanol–water partition coefficient (Wildman–Crippen LogP) is 2.51. The number of hydrogen-bond acceptors (Lipinski definition) is 3. The lowest BCUT2D eigenvalue weighted by molar-refractivity contribution is 0.112. The van der Waals surface area contributed by atoms with Crippen molar-refractivity contribution >= 4 is 12.0 Å². The van der Waals surface area contributed by atoms with E-state index in [1.165, 1.54) is 0 Å². The molecule has 0 heterocycles. The highest BCUT2D eigenvalue weighted by atomic mass is 16.1. The van der Waals surface area contributed by atoms with Crippen LogP contribution < -0.4 is 5.73 Å². The van der Waals surface area contributed by atoms with E-state index in [4.69, 9.17) is 11.3 Å². The minimum Gasteiger partial charge on any atom is -0.398 e. The van der Waals surface area contributed by atoms with Gasteiger partial charge in [0.1, 0.15) is 6.29 Å². The van der Waals surface area contributed by atoms with Gasteiger partial charge in [-0.15, -0.1) is 0 Å². The van der Waals surface area contributed by atoms with Crippen molar-refractivity contribution in [3.63, 3.8) is 0 Å². The fourth-order valence-electron chi connectivity index (χ4n) is 1.41. The van der Waals surface area contributed by atoms with Crippen LogP contribution in [0.5, 0.6) is 0 Å². The summed E-state index contributed by atoms with van der Waals surface area (Å²) in [7, 11) is 0. The van der Waals surface area contributed by atoms with Crippen molar-refractivity contribution in [1.29, 1.82) is 0 Å². The van der Waals surface area contributed by atoms with Gasteiger partial charge in [-0.05, 0) is 42.1 Å². The summed E-state index contributed by atoms with van der Waals surface area (Å²) in [5, 5.41) is 3.46. The maximum atomic E-state index is 10.8. The van der Waals surface area contributed by atoms with E-state index in [9.17, 15) is 4.79 Å². The zero-order valence-electron chi connectivity index (χ0n) is 8.69. The van der Waals surface area contributed by atoms with E-state index < -0.39 is 0 Å². The van der Waals surface area contributed by atoms with Crippen LogP contribution in [-0.2, 0) is 6.54 Å². The fraction of sp³-hybridized carbons (Fsp3) is 0.300. The van der Waals surface area contributed by atoms with Gasteiger partial charge in [-0.1, -0.05) is 5.11 Å². The second-order valence-electron chi connectivity index (χ2n) is 3.30. The quantitative estimate of drug-likeness (QED) is 0.269. The molecule has 0 bridgehead atoms. The summed E-state index contributed by atoms with van der Waals surface area (Å²) in [6, 6.07) is 1.71. The number of hydrogen-bond donors (Lipinski definition) is 1. The molecule has 78 valence electrons. The molecule has 1 rings (SSSR count). The Kier molecular flexibility index (Phi) is 3.31. The van der Waals surface area contributed by atoms with Crippen LogP contribution in [-0.4, -0.2) is 6.29 Å². The Hall–Kier alpha value is -2.00. The third-order valence-electron chi connectivity index (χ3n) is 2.48. The van der Waals surface area contributed by atoms with Crippen molar-refractivity contribution in [3.8, 4) is 0 Å². The number of nitrogen functional groups attached to an aromatic ring is 1. The van der Waals surface area contributed by atoms with E-state index in [1.54, 1.807) is 13.0 Å². The molecule has 0 fully saturated rings. The minimum absolute atomic E-state index is 0.216. The molecule has 0 radical (unpaired) electrons. The van der Waals surface area contributed by atoms with Crippen molar-refractivity contribution < 1.29 is 4.79 Å². The molecule has 0 aliphatic rings. The lowest BCUT2D eigenvalue weighted by Gasteiger charge is -2.11. The van der Waals surface area contributed by atoms with Crippen LogP contribution >= 0.6 is 0 Å². The van der Waals surface area contributed by atoms with Crippen LogP contribution in [0, 0.1) is 13.8 Å². The summed E-state index contributed by atoms with van der Waals surface area (Å²) in [4.78, 5) is 13.4. The van der Waals surface area contributed by atoms with E-state index in [0.29, 0.717) is 11.3 Å². The SMILES string of the molecule is Cc1c(C=O)cc(CN=[N+]=[N-])c(C)c1N. The molecule has 0 saturated carbocycles. The first-order chi connectivity index (χ1) is 7.11. The van der Waals surface area contributed by atoms with Gasteiger partial charge in [0.2, 0.25) is 0 Å². The first-order valence-electron chi connectivity index (χ1n) is 4.46. The van der Waals surface area contributed by atoms with Gasteiger partial charge in [-0.25, -0.2) is 0 Å². The van der Waals surface area contributed by atoms with Gasteiger partial charge >= 0.3 is 0 Å². The third-order valence-corrected chi connectivity index (χ3v) is 2.48. The Morgan fingerprint density at radius 2 is 2.20 bits per heavy atom. The number of nitrogens with zero attached hydrogens (tertiary/aromatic N) is 3. The highest BCUT2D eigenvalue weighted by Crippen LogP contribution is 2.24. The highest BCUT2D eigenvalue weighted by molar-refractivity contribution is 5.81. The highest BCUT2D eigenvalue weighted by Gasteiger charge is 2.08. The standard InChI is InChI=1S/C10H12N4O/c1-6-8(4-13-14-12)3-9(5-15)7(2)10(6)11/h3,5H,4,11H2,1-2H3. The molecule has 0 unspecified atom stereocenters. The zero-order valence-corrected chi connectivity index (χ0v) is 8.69. The number of benzene rings is 1. The Morgan fingerprint density at radius 3 is 2.73 bits per heavy atom. The second kappa shape index (κ2) is 4.48. The minimum atomic E-state index is 0.216. The third kappa shape index (κ3) is 2.08. The summed E-state index contributed by atoms with van der Waals surface area (Å²) in [5.74, 6) is 0. The van der Waals surface area contributed by atoms with Crippen LogP contribution in [0.3, 0.4) is 0 Å². The van der Waals surface area contributed by atoms with Gasteiger partial charge in [0.05, 0.1) is 6.54 Å². The van der Waals surface area contributed by atoms with Crippen molar-refractivity contribution in [3.05, 3.63) is 38.8 Å². The molecule has 0 saturated heterocycles. The number of anilines is 1.